The molecule has 1 unspecified atom stereocenters. The summed E-state index contributed by atoms with van der Waals surface area (Å²) in [5, 5.41) is 2.11. The molecule has 0 saturated carbocycles. The number of rotatable bonds is 2. The number of carbonyl (C=O) groups is 2. The smallest absolute Gasteiger partial charge is 0.234 e. The minimum Gasteiger partial charge on any atom is -0.296 e. The van der Waals surface area contributed by atoms with Crippen LogP contribution in [-0.2, 0) is 9.59 Å². The zero-order valence-corrected chi connectivity index (χ0v) is 10.8. The van der Waals surface area contributed by atoms with Gasteiger partial charge in [0, 0.05) is 12.0 Å². The summed E-state index contributed by atoms with van der Waals surface area (Å²) in [4.78, 5) is 22.7. The molecule has 1 saturated heterocycles. The van der Waals surface area contributed by atoms with E-state index in [4.69, 9.17) is 0 Å². The van der Waals surface area contributed by atoms with Gasteiger partial charge in [-0.1, -0.05) is 13.8 Å². The van der Waals surface area contributed by atoms with E-state index >= 15 is 0 Å². The lowest BCUT2D eigenvalue weighted by Gasteiger charge is -2.22. The minimum atomic E-state index is -0.932. The van der Waals surface area contributed by atoms with E-state index in [1.807, 2.05) is 13.8 Å². The van der Waals surface area contributed by atoms with Crippen molar-refractivity contribution in [1.82, 2.24) is 5.32 Å². The summed E-state index contributed by atoms with van der Waals surface area (Å²) < 4.78 is 28.0. The number of hydrogen-bond acceptors (Lipinski definition) is 2. The standard InChI is InChI=1S/C14H15F2NO2/c1-7(2)8-5-10(15)13(11(16)6-8)9-3-4-12(18)17-14(9)19/h5-7,9H,3-4H2,1-2H3,(H,17,18,19). The highest BCUT2D eigenvalue weighted by molar-refractivity contribution is 6.00. The summed E-state index contributed by atoms with van der Waals surface area (Å²) >= 11 is 0. The lowest BCUT2D eigenvalue weighted by molar-refractivity contribution is -0.134. The second kappa shape index (κ2) is 5.07. The number of carbonyl (C=O) groups excluding carboxylic acids is 2. The molecule has 2 rings (SSSR count). The van der Waals surface area contributed by atoms with Crippen molar-refractivity contribution in [3.8, 4) is 0 Å². The topological polar surface area (TPSA) is 46.2 Å². The molecular formula is C14H15F2NO2. The molecule has 1 aromatic carbocycles. The first-order valence-electron chi connectivity index (χ1n) is 6.22. The van der Waals surface area contributed by atoms with E-state index < -0.39 is 29.4 Å². The van der Waals surface area contributed by atoms with Gasteiger partial charge in [0.15, 0.2) is 0 Å². The molecule has 0 spiro atoms. The first-order valence-corrected chi connectivity index (χ1v) is 6.22. The Hall–Kier alpha value is -1.78. The first-order chi connectivity index (χ1) is 8.90. The monoisotopic (exact) mass is 267 g/mol. The van der Waals surface area contributed by atoms with E-state index in [1.165, 1.54) is 12.1 Å². The Kier molecular flexibility index (Phi) is 3.64. The lowest BCUT2D eigenvalue weighted by atomic mass is 9.88. The van der Waals surface area contributed by atoms with Gasteiger partial charge in [-0.2, -0.15) is 0 Å². The van der Waals surface area contributed by atoms with E-state index in [-0.39, 0.29) is 24.3 Å². The van der Waals surface area contributed by atoms with Gasteiger partial charge in [-0.3, -0.25) is 14.9 Å². The molecule has 1 N–H and O–H groups in total. The van der Waals surface area contributed by atoms with Gasteiger partial charge in [0.2, 0.25) is 11.8 Å². The molecule has 0 bridgehead atoms. The van der Waals surface area contributed by atoms with Crippen molar-refractivity contribution in [1.29, 1.82) is 0 Å². The van der Waals surface area contributed by atoms with Crippen molar-refractivity contribution in [2.75, 3.05) is 0 Å². The van der Waals surface area contributed by atoms with Crippen molar-refractivity contribution in [3.63, 3.8) is 0 Å². The van der Waals surface area contributed by atoms with Crippen LogP contribution in [0.2, 0.25) is 0 Å². The summed E-state index contributed by atoms with van der Waals surface area (Å²) in [6.45, 7) is 3.67. The number of amides is 2. The first kappa shape index (κ1) is 13.6. The van der Waals surface area contributed by atoms with Crippen LogP contribution in [0.4, 0.5) is 8.78 Å². The van der Waals surface area contributed by atoms with Crippen LogP contribution < -0.4 is 5.32 Å². The van der Waals surface area contributed by atoms with Gasteiger partial charge < -0.3 is 0 Å². The predicted octanol–water partition coefficient (Wildman–Crippen LogP) is 2.61. The van der Waals surface area contributed by atoms with Crippen molar-refractivity contribution < 1.29 is 18.4 Å². The molecule has 102 valence electrons. The molecule has 1 heterocycles. The van der Waals surface area contributed by atoms with Gasteiger partial charge in [0.25, 0.3) is 0 Å². The molecule has 5 heteroatoms. The fraction of sp³-hybridized carbons (Fsp3) is 0.429. The Morgan fingerprint density at radius 2 is 1.79 bits per heavy atom. The van der Waals surface area contributed by atoms with Gasteiger partial charge in [-0.25, -0.2) is 8.78 Å². The molecule has 2 amide bonds. The number of hydrogen-bond donors (Lipinski definition) is 1. The normalized spacial score (nSPS) is 19.7. The number of nitrogens with one attached hydrogen (secondary N) is 1. The van der Waals surface area contributed by atoms with Crippen molar-refractivity contribution in [2.45, 2.75) is 38.5 Å². The van der Waals surface area contributed by atoms with Crippen LogP contribution >= 0.6 is 0 Å². The highest BCUT2D eigenvalue weighted by Gasteiger charge is 2.32. The van der Waals surface area contributed by atoms with E-state index in [9.17, 15) is 18.4 Å². The highest BCUT2D eigenvalue weighted by Crippen LogP contribution is 2.31. The number of imide groups is 1. The van der Waals surface area contributed by atoms with Gasteiger partial charge >= 0.3 is 0 Å². The molecular weight excluding hydrogens is 252 g/mol. The molecule has 0 radical (unpaired) electrons. The highest BCUT2D eigenvalue weighted by atomic mass is 19.1. The number of halogens is 2. The molecule has 0 aliphatic carbocycles. The zero-order valence-electron chi connectivity index (χ0n) is 10.8. The summed E-state index contributed by atoms with van der Waals surface area (Å²) in [5.41, 5.74) is 0.306. The van der Waals surface area contributed by atoms with Crippen LogP contribution in [0.5, 0.6) is 0 Å². The molecule has 1 fully saturated rings. The van der Waals surface area contributed by atoms with E-state index in [1.54, 1.807) is 0 Å². The fourth-order valence-corrected chi connectivity index (χ4v) is 2.24. The maximum absolute atomic E-state index is 14.0. The Balaban J connectivity index is 2.40. The van der Waals surface area contributed by atoms with Gasteiger partial charge in [-0.05, 0) is 30.0 Å². The largest absolute Gasteiger partial charge is 0.296 e. The molecule has 19 heavy (non-hydrogen) atoms. The van der Waals surface area contributed by atoms with E-state index in [0.717, 1.165) is 0 Å². The van der Waals surface area contributed by atoms with Crippen LogP contribution in [0.15, 0.2) is 12.1 Å². The number of piperidine rings is 1. The average molecular weight is 267 g/mol. The van der Waals surface area contributed by atoms with Crippen LogP contribution in [0.3, 0.4) is 0 Å². The SMILES string of the molecule is CC(C)c1cc(F)c(C2CCC(=O)NC2=O)c(F)c1. The average Bonchev–Trinajstić information content (AvgIpc) is 2.30. The van der Waals surface area contributed by atoms with Crippen molar-refractivity contribution in [3.05, 3.63) is 34.9 Å². The van der Waals surface area contributed by atoms with Crippen molar-refractivity contribution in [2.24, 2.45) is 0 Å². The number of benzene rings is 1. The molecule has 1 aliphatic heterocycles. The summed E-state index contributed by atoms with van der Waals surface area (Å²) in [6.07, 6.45) is 0.237. The Morgan fingerprint density at radius 1 is 1.21 bits per heavy atom. The Bertz CT molecular complexity index is 517. The molecule has 1 aromatic rings. The Labute approximate surface area is 110 Å². The minimum absolute atomic E-state index is 0.000176. The third kappa shape index (κ3) is 2.64. The summed E-state index contributed by atoms with van der Waals surface area (Å²) in [7, 11) is 0. The quantitative estimate of drug-likeness (QED) is 0.837. The maximum Gasteiger partial charge on any atom is 0.234 e. The van der Waals surface area contributed by atoms with Gasteiger partial charge in [0.05, 0.1) is 5.92 Å². The molecule has 0 aromatic heterocycles. The fourth-order valence-electron chi connectivity index (χ4n) is 2.24. The summed E-state index contributed by atoms with van der Waals surface area (Å²) in [5.74, 6) is -3.41. The van der Waals surface area contributed by atoms with Crippen LogP contribution in [-0.4, -0.2) is 11.8 Å². The maximum atomic E-state index is 14.0. The lowest BCUT2D eigenvalue weighted by Crippen LogP contribution is -2.40. The Morgan fingerprint density at radius 3 is 2.26 bits per heavy atom. The van der Waals surface area contributed by atoms with Crippen LogP contribution in [0.25, 0.3) is 0 Å². The van der Waals surface area contributed by atoms with E-state index in [0.29, 0.717) is 5.56 Å². The van der Waals surface area contributed by atoms with Crippen molar-refractivity contribution >= 4 is 11.8 Å². The molecule has 3 nitrogen and oxygen atoms in total. The summed E-state index contributed by atoms with van der Waals surface area (Å²) in [6, 6.07) is 2.51. The van der Waals surface area contributed by atoms with Gasteiger partial charge in [0.1, 0.15) is 11.6 Å². The zero-order chi connectivity index (χ0) is 14.2. The third-order valence-corrected chi connectivity index (χ3v) is 3.36. The van der Waals surface area contributed by atoms with E-state index in [2.05, 4.69) is 5.32 Å². The second-order valence-electron chi connectivity index (χ2n) is 5.06. The molecule has 1 aliphatic rings. The van der Waals surface area contributed by atoms with Gasteiger partial charge in [-0.15, -0.1) is 0 Å². The predicted molar refractivity (Wildman–Crippen MR) is 65.6 cm³/mol. The molecule has 1 atom stereocenters. The van der Waals surface area contributed by atoms with Crippen LogP contribution in [0.1, 0.15) is 49.7 Å². The third-order valence-electron chi connectivity index (χ3n) is 3.36. The van der Waals surface area contributed by atoms with Crippen LogP contribution in [0, 0.1) is 11.6 Å². The second-order valence-corrected chi connectivity index (χ2v) is 5.06.